The third-order valence-electron chi connectivity index (χ3n) is 10.8. The van der Waals surface area contributed by atoms with Crippen LogP contribution in [0, 0.1) is 0 Å². The minimum atomic E-state index is -5.82. The van der Waals surface area contributed by atoms with E-state index < -0.39 is 60.2 Å². The monoisotopic (exact) mass is 758 g/mol. The van der Waals surface area contributed by atoms with Crippen LogP contribution in [0.3, 0.4) is 0 Å². The lowest BCUT2D eigenvalue weighted by Gasteiger charge is -2.39. The molecule has 14 nitrogen and oxygen atoms in total. The van der Waals surface area contributed by atoms with Gasteiger partial charge in [0.15, 0.2) is 0 Å². The Morgan fingerprint density at radius 3 is 2.50 bits per heavy atom. The zero-order valence-electron chi connectivity index (χ0n) is 28.2. The SMILES string of the molecule is CN[C@@H]1CN(C(=O)[C@@H]2CC[C@@H]3CCN(C(C)=O)CC(NC(=O)c4cc5cc(C(F)(F)P(=O)(O)O)ccc5s4)C(=O)N32)C[C@]12C(=O)Nc1ccccc12. The lowest BCUT2D eigenvalue weighted by Crippen LogP contribution is -2.61. The van der Waals surface area contributed by atoms with Crippen LogP contribution in [0.2, 0.25) is 0 Å². The van der Waals surface area contributed by atoms with Crippen LogP contribution in [0.25, 0.3) is 10.1 Å². The van der Waals surface area contributed by atoms with Crippen molar-refractivity contribution in [3.05, 3.63) is 64.5 Å². The van der Waals surface area contributed by atoms with Crippen molar-refractivity contribution in [3.8, 4) is 0 Å². The summed E-state index contributed by atoms with van der Waals surface area (Å²) >= 11 is 0.931. The highest BCUT2D eigenvalue weighted by atomic mass is 32.1. The van der Waals surface area contributed by atoms with Crippen molar-refractivity contribution in [1.29, 1.82) is 0 Å². The van der Waals surface area contributed by atoms with E-state index in [9.17, 15) is 37.3 Å². The van der Waals surface area contributed by atoms with E-state index in [1.54, 1.807) is 11.9 Å². The van der Waals surface area contributed by atoms with Crippen LogP contribution in [-0.4, -0.2) is 111 Å². The number of para-hydroxylation sites is 1. The van der Waals surface area contributed by atoms with E-state index in [-0.39, 0.29) is 54.2 Å². The first-order valence-corrected chi connectivity index (χ1v) is 19.2. The zero-order valence-corrected chi connectivity index (χ0v) is 29.9. The number of amides is 5. The van der Waals surface area contributed by atoms with Gasteiger partial charge >= 0.3 is 13.3 Å². The van der Waals surface area contributed by atoms with Crippen molar-refractivity contribution in [3.63, 3.8) is 0 Å². The van der Waals surface area contributed by atoms with E-state index in [4.69, 9.17) is 9.79 Å². The second-order valence-corrected chi connectivity index (χ2v) is 16.5. The predicted molar refractivity (Wildman–Crippen MR) is 186 cm³/mol. The number of nitrogens with zero attached hydrogens (tertiary/aromatic N) is 3. The molecule has 0 aliphatic carbocycles. The van der Waals surface area contributed by atoms with Gasteiger partial charge in [0.05, 0.1) is 4.88 Å². The lowest BCUT2D eigenvalue weighted by atomic mass is 9.77. The first kappa shape index (κ1) is 36.1. The van der Waals surface area contributed by atoms with Gasteiger partial charge in [-0.2, -0.15) is 8.78 Å². The van der Waals surface area contributed by atoms with Gasteiger partial charge in [-0.1, -0.05) is 24.3 Å². The Morgan fingerprint density at radius 1 is 1.04 bits per heavy atom. The summed E-state index contributed by atoms with van der Waals surface area (Å²) in [5.74, 6) is -2.11. The van der Waals surface area contributed by atoms with Gasteiger partial charge in [0.1, 0.15) is 17.5 Å². The van der Waals surface area contributed by atoms with Gasteiger partial charge in [0, 0.05) is 61.1 Å². The molecule has 7 rings (SSSR count). The number of alkyl halides is 2. The minimum absolute atomic E-state index is 0.0390. The summed E-state index contributed by atoms with van der Waals surface area (Å²) in [5, 5.41) is 9.02. The van der Waals surface area contributed by atoms with E-state index in [0.29, 0.717) is 29.6 Å². The summed E-state index contributed by atoms with van der Waals surface area (Å²) in [6, 6.07) is 8.76. The third kappa shape index (κ3) is 5.78. The summed E-state index contributed by atoms with van der Waals surface area (Å²) in [6.45, 7) is 1.81. The molecule has 0 saturated carbocycles. The number of hydrogen-bond donors (Lipinski definition) is 5. The van der Waals surface area contributed by atoms with Gasteiger partial charge in [-0.3, -0.25) is 28.5 Å². The maximum absolute atomic E-state index is 14.4. The zero-order chi connectivity index (χ0) is 37.3. The second kappa shape index (κ2) is 13.0. The summed E-state index contributed by atoms with van der Waals surface area (Å²) < 4.78 is 40.6. The number of fused-ring (bicyclic) bond motifs is 4. The Hall–Kier alpha value is -4.28. The van der Waals surface area contributed by atoms with Crippen molar-refractivity contribution < 1.29 is 47.1 Å². The topological polar surface area (TPSA) is 189 Å². The largest absolute Gasteiger partial charge is 0.399 e. The number of anilines is 1. The van der Waals surface area contributed by atoms with E-state index in [1.165, 1.54) is 28.9 Å². The Morgan fingerprint density at radius 2 is 1.79 bits per heavy atom. The highest BCUT2D eigenvalue weighted by Crippen LogP contribution is 2.59. The van der Waals surface area contributed by atoms with Crippen LogP contribution < -0.4 is 16.0 Å². The maximum Gasteiger partial charge on any atom is 0.399 e. The predicted octanol–water partition coefficient (Wildman–Crippen LogP) is 2.16. The summed E-state index contributed by atoms with van der Waals surface area (Å²) in [4.78, 5) is 91.5. The molecule has 4 aliphatic rings. The van der Waals surface area contributed by atoms with Gasteiger partial charge in [0.25, 0.3) is 5.91 Å². The number of carbonyl (C=O) groups excluding carboxylic acids is 5. The van der Waals surface area contributed by atoms with Gasteiger partial charge < -0.3 is 40.4 Å². The van der Waals surface area contributed by atoms with Gasteiger partial charge in [-0.25, -0.2) is 0 Å². The number of carbonyl (C=O) groups is 5. The van der Waals surface area contributed by atoms with Crippen LogP contribution in [0.5, 0.6) is 0 Å². The first-order valence-electron chi connectivity index (χ1n) is 16.8. The molecule has 2 aromatic carbocycles. The van der Waals surface area contributed by atoms with Crippen LogP contribution in [-0.2, 0) is 34.8 Å². The fourth-order valence-electron chi connectivity index (χ4n) is 8.16. The number of nitrogens with one attached hydrogen (secondary N) is 3. The standard InChI is InChI=1S/C34H37F2N6O8PS/c1-18(43)40-12-11-21-8-9-25(31(46)41-16-28(37-2)33(17-41)22-5-3-4-6-23(22)39-32(33)47)42(21)30(45)24(15-40)38-29(44)27-14-19-13-20(7-10-26(19)52-27)34(35,36)51(48,49)50/h3-7,10,13-14,21,24-25,28,37H,8-9,11-12,15-17H2,1-2H3,(H,38,44)(H,39,47)(H2,48,49,50)/t21-,24?,25+,28-,33-/m1/s1. The normalized spacial score (nSPS) is 26.3. The Kier molecular flexibility index (Phi) is 9.01. The van der Waals surface area contributed by atoms with E-state index in [2.05, 4.69) is 16.0 Å². The maximum atomic E-state index is 14.4. The molecular weight excluding hydrogens is 721 g/mol. The van der Waals surface area contributed by atoms with Crippen LogP contribution in [0.1, 0.15) is 47.0 Å². The van der Waals surface area contributed by atoms with Gasteiger partial charge in [-0.15, -0.1) is 11.3 Å². The number of thiophene rings is 1. The molecule has 3 saturated heterocycles. The lowest BCUT2D eigenvalue weighted by molar-refractivity contribution is -0.148. The van der Waals surface area contributed by atoms with Crippen molar-refractivity contribution in [2.24, 2.45) is 0 Å². The Labute approximate surface area is 300 Å². The third-order valence-corrected chi connectivity index (χ3v) is 12.9. The summed E-state index contributed by atoms with van der Waals surface area (Å²) in [5.41, 5.74) is -4.89. The molecule has 52 heavy (non-hydrogen) atoms. The Bertz CT molecular complexity index is 2060. The minimum Gasteiger partial charge on any atom is -0.340 e. The molecule has 18 heteroatoms. The average Bonchev–Trinajstić information content (AvgIpc) is 3.87. The molecule has 1 unspecified atom stereocenters. The molecule has 5 atom stereocenters. The number of halogens is 2. The van der Waals surface area contributed by atoms with Crippen molar-refractivity contribution >= 4 is 64.2 Å². The van der Waals surface area contributed by atoms with Crippen molar-refractivity contribution in [2.75, 3.05) is 38.5 Å². The molecule has 3 fully saturated rings. The quantitative estimate of drug-likeness (QED) is 0.235. The number of likely N-dealkylation sites (tertiary alicyclic amines) is 1. The summed E-state index contributed by atoms with van der Waals surface area (Å²) in [6.07, 6.45) is 1.26. The number of rotatable bonds is 6. The van der Waals surface area contributed by atoms with Gasteiger partial charge in [-0.05, 0) is 61.5 Å². The molecule has 0 radical (unpaired) electrons. The van der Waals surface area contributed by atoms with E-state index in [0.717, 1.165) is 29.0 Å². The number of hydrogen-bond acceptors (Lipinski definition) is 8. The molecule has 3 aromatic rings. The van der Waals surface area contributed by atoms with Gasteiger partial charge in [0.2, 0.25) is 23.6 Å². The van der Waals surface area contributed by atoms with E-state index >= 15 is 0 Å². The Balaban J connectivity index is 1.15. The molecule has 0 bridgehead atoms. The number of benzene rings is 2. The molecule has 1 aromatic heterocycles. The second-order valence-electron chi connectivity index (χ2n) is 13.8. The van der Waals surface area contributed by atoms with Crippen molar-refractivity contribution in [2.45, 2.75) is 61.4 Å². The van der Waals surface area contributed by atoms with E-state index in [1.807, 2.05) is 24.3 Å². The molecule has 1 spiro atoms. The van der Waals surface area contributed by atoms with Crippen LogP contribution >= 0.6 is 18.9 Å². The fraction of sp³-hybridized carbons (Fsp3) is 0.441. The molecule has 276 valence electrons. The molecule has 5 N–H and O–H groups in total. The van der Waals surface area contributed by atoms with Crippen LogP contribution in [0.15, 0.2) is 48.5 Å². The molecule has 4 aliphatic heterocycles. The first-order chi connectivity index (χ1) is 24.6. The molecule has 5 amide bonds. The summed E-state index contributed by atoms with van der Waals surface area (Å²) in [7, 11) is -4.08. The highest BCUT2D eigenvalue weighted by Gasteiger charge is 2.59. The smallest absolute Gasteiger partial charge is 0.340 e. The number of likely N-dealkylation sites (N-methyl/N-ethyl adjacent to an activating group) is 1. The fourth-order valence-corrected chi connectivity index (χ4v) is 9.58. The highest BCUT2D eigenvalue weighted by molar-refractivity contribution is 7.52. The molecular formula is C34H37F2N6O8PS. The molecule has 5 heterocycles. The average molecular weight is 759 g/mol. The van der Waals surface area contributed by atoms with Crippen molar-refractivity contribution in [1.82, 2.24) is 25.3 Å². The van der Waals surface area contributed by atoms with Crippen LogP contribution in [0.4, 0.5) is 14.5 Å².